The number of thioether (sulfide) groups is 2. The molecule has 2 aliphatic heterocycles. The van der Waals surface area contributed by atoms with Gasteiger partial charge in [0, 0.05) is 11.5 Å². The second kappa shape index (κ2) is 13.4. The van der Waals surface area contributed by atoms with E-state index in [2.05, 4.69) is 20.8 Å². The number of nitrogens with zero attached hydrogens (tertiary/aromatic N) is 5. The van der Waals surface area contributed by atoms with Gasteiger partial charge in [-0.3, -0.25) is 14.5 Å². The van der Waals surface area contributed by atoms with E-state index in [1.807, 2.05) is 0 Å². The van der Waals surface area contributed by atoms with Crippen LogP contribution in [0.15, 0.2) is 46.8 Å². The molecule has 2 N–H and O–H groups in total. The van der Waals surface area contributed by atoms with Crippen molar-refractivity contribution in [1.29, 1.82) is 0 Å². The zero-order valence-corrected chi connectivity index (χ0v) is 26.0. The van der Waals surface area contributed by atoms with Crippen LogP contribution in [0, 0.1) is 0 Å². The van der Waals surface area contributed by atoms with Gasteiger partial charge in [0.05, 0.1) is 11.7 Å². The minimum Gasteiger partial charge on any atom is -0.747 e. The monoisotopic (exact) mass is 586 g/mol. The van der Waals surface area contributed by atoms with Gasteiger partial charge < -0.3 is 24.9 Å². The van der Waals surface area contributed by atoms with Gasteiger partial charge in [-0.1, -0.05) is 42.1 Å². The maximum atomic E-state index is 12.7. The summed E-state index contributed by atoms with van der Waals surface area (Å²) < 4.78 is 33.7. The van der Waals surface area contributed by atoms with E-state index in [1.54, 1.807) is 30.3 Å². The van der Waals surface area contributed by atoms with E-state index in [4.69, 9.17) is 0 Å². The summed E-state index contributed by atoms with van der Waals surface area (Å²) in [7, 11) is -4.66. The number of hydrogen-bond acceptors (Lipinski definition) is 13. The number of carboxylic acids is 1. The van der Waals surface area contributed by atoms with Crippen molar-refractivity contribution >= 4 is 51.4 Å². The van der Waals surface area contributed by atoms with Gasteiger partial charge >= 0.3 is 59.1 Å². The second-order valence-electron chi connectivity index (χ2n) is 7.39. The Bertz CT molecular complexity index is 1310. The van der Waals surface area contributed by atoms with E-state index in [0.29, 0.717) is 11.1 Å². The number of carbonyl (C=O) groups is 3. The molecule has 14 nitrogen and oxygen atoms in total. The molecule has 2 aromatic rings. The number of amides is 2. The van der Waals surface area contributed by atoms with Crippen LogP contribution in [0.3, 0.4) is 0 Å². The molecule has 37 heavy (non-hydrogen) atoms. The van der Waals surface area contributed by atoms with Crippen molar-refractivity contribution in [2.75, 3.05) is 11.5 Å². The molecule has 0 spiro atoms. The number of rotatable bonds is 9. The molecule has 1 fully saturated rings. The van der Waals surface area contributed by atoms with E-state index < -0.39 is 51.3 Å². The Balaban J connectivity index is 0.00000241. The normalized spacial score (nSPS) is 19.6. The van der Waals surface area contributed by atoms with Crippen LogP contribution in [0.1, 0.15) is 11.7 Å². The molecule has 0 saturated carbocycles. The molecule has 19 heteroatoms. The molecule has 2 aliphatic rings. The summed E-state index contributed by atoms with van der Waals surface area (Å²) in [5, 5.41) is 34.2. The zero-order chi connectivity index (χ0) is 25.3. The van der Waals surface area contributed by atoms with Gasteiger partial charge in [0.15, 0.2) is 6.10 Å². The SMILES string of the molecule is O=C([O-])C1=C(CSc2nnnn2CS(=O)(=O)[O-])CS[C@@H]2[C@H](NC(=O)[C@H](O)c3ccccc3)C(=O)N12.[Na+].[Na+]. The fourth-order valence-electron chi connectivity index (χ4n) is 3.48. The minimum absolute atomic E-state index is 0. The van der Waals surface area contributed by atoms with Gasteiger partial charge in [-0.25, -0.2) is 13.1 Å². The molecule has 1 saturated heterocycles. The molecule has 1 aromatic heterocycles. The van der Waals surface area contributed by atoms with Crippen LogP contribution in [0.2, 0.25) is 0 Å². The van der Waals surface area contributed by atoms with Gasteiger partial charge in [-0.05, 0) is 21.6 Å². The first-order valence-corrected chi connectivity index (χ1v) is 13.4. The maximum absolute atomic E-state index is 12.7. The molecular weight excluding hydrogens is 570 g/mol. The summed E-state index contributed by atoms with van der Waals surface area (Å²) in [5.41, 5.74) is 0.265. The predicted molar refractivity (Wildman–Crippen MR) is 117 cm³/mol. The summed E-state index contributed by atoms with van der Waals surface area (Å²) >= 11 is 2.08. The Morgan fingerprint density at radius 2 is 1.95 bits per heavy atom. The molecule has 0 aliphatic carbocycles. The number of tetrazole rings is 1. The number of aliphatic hydroxyl groups excluding tert-OH is 1. The predicted octanol–water partition coefficient (Wildman–Crippen LogP) is -8.59. The van der Waals surface area contributed by atoms with Crippen LogP contribution < -0.4 is 69.5 Å². The average Bonchev–Trinajstić information content (AvgIpc) is 3.25. The third-order valence-electron chi connectivity index (χ3n) is 5.06. The Labute approximate surface area is 263 Å². The zero-order valence-electron chi connectivity index (χ0n) is 19.5. The third-order valence-corrected chi connectivity index (χ3v) is 8.00. The van der Waals surface area contributed by atoms with Crippen LogP contribution in [-0.4, -0.2) is 83.9 Å². The first kappa shape index (κ1) is 32.2. The summed E-state index contributed by atoms with van der Waals surface area (Å²) in [5.74, 6) is -3.95. The maximum Gasteiger partial charge on any atom is 1.00 e. The molecule has 2 amide bonds. The molecule has 0 bridgehead atoms. The molecule has 186 valence electrons. The first-order chi connectivity index (χ1) is 16.6. The smallest absolute Gasteiger partial charge is 0.747 e. The van der Waals surface area contributed by atoms with Crippen molar-refractivity contribution in [3.05, 3.63) is 47.2 Å². The molecule has 3 atom stereocenters. The number of aliphatic carboxylic acids is 1. The van der Waals surface area contributed by atoms with Crippen molar-refractivity contribution in [2.45, 2.75) is 28.6 Å². The van der Waals surface area contributed by atoms with Gasteiger partial charge in [-0.2, -0.15) is 0 Å². The molecule has 4 rings (SSSR count). The topological polar surface area (TPSA) is 211 Å². The van der Waals surface area contributed by atoms with Crippen molar-refractivity contribution in [3.63, 3.8) is 0 Å². The van der Waals surface area contributed by atoms with E-state index in [9.17, 15) is 37.6 Å². The number of hydrogen-bond donors (Lipinski definition) is 2. The Hall–Kier alpha value is -0.990. The summed E-state index contributed by atoms with van der Waals surface area (Å²) in [4.78, 5) is 38.0. The van der Waals surface area contributed by atoms with Crippen molar-refractivity contribution in [2.24, 2.45) is 0 Å². The van der Waals surface area contributed by atoms with Gasteiger partial charge in [0.25, 0.3) is 11.8 Å². The molecule has 1 aromatic carbocycles. The van der Waals surface area contributed by atoms with E-state index in [-0.39, 0.29) is 81.5 Å². The third kappa shape index (κ3) is 7.36. The number of fused-ring (bicyclic) bond motifs is 1. The molecule has 3 heterocycles. The van der Waals surface area contributed by atoms with Gasteiger partial charge in [0.2, 0.25) is 5.16 Å². The van der Waals surface area contributed by atoms with Crippen molar-refractivity contribution in [1.82, 2.24) is 30.4 Å². The van der Waals surface area contributed by atoms with Crippen molar-refractivity contribution in [3.8, 4) is 0 Å². The number of carboxylic acid groups (broad SMARTS) is 1. The standard InChI is InChI=1S/C18H18N6O8S3.2Na/c25-13(9-4-2-1-3-5-9)14(26)19-11-15(27)24-12(17(28)29)10(6-33-16(11)24)7-34-18-20-21-22-23(18)8-35(30,31)32;;/h1-5,11,13,16,25H,6-8H2,(H,19,26)(H,28,29)(H,30,31,32);;/q;2*+1/p-2/t11-,13-,16-;;/m1../s1. The van der Waals surface area contributed by atoms with Crippen molar-refractivity contribution < 1.29 is 96.7 Å². The van der Waals surface area contributed by atoms with Gasteiger partial charge in [-0.15, -0.1) is 16.9 Å². The largest absolute Gasteiger partial charge is 1.00 e. The van der Waals surface area contributed by atoms with E-state index in [1.165, 1.54) is 11.8 Å². The number of β-lactam (4-membered cyclic amide) rings is 1. The Morgan fingerprint density at radius 3 is 2.57 bits per heavy atom. The summed E-state index contributed by atoms with van der Waals surface area (Å²) in [6.45, 7) is 0. The summed E-state index contributed by atoms with van der Waals surface area (Å²) in [6.07, 6.45) is -1.50. The average molecular weight is 587 g/mol. The number of aromatic nitrogens is 4. The number of nitrogens with one attached hydrogen (secondary N) is 1. The summed E-state index contributed by atoms with van der Waals surface area (Å²) in [6, 6.07) is 7.08. The fourth-order valence-corrected chi connectivity index (χ4v) is 6.40. The first-order valence-electron chi connectivity index (χ1n) is 9.81. The Morgan fingerprint density at radius 1 is 1.27 bits per heavy atom. The number of aliphatic hydroxyl groups is 1. The number of benzene rings is 1. The van der Waals surface area contributed by atoms with Crippen LogP contribution >= 0.6 is 23.5 Å². The second-order valence-corrected chi connectivity index (χ2v) is 10.8. The quantitative estimate of drug-likeness (QED) is 0.121. The van der Waals surface area contributed by atoms with E-state index >= 15 is 0 Å². The molecule has 0 radical (unpaired) electrons. The molecule has 0 unspecified atom stereocenters. The van der Waals surface area contributed by atoms with Crippen LogP contribution in [-0.2, 0) is 30.4 Å². The molecular formula is C18H16N6Na2O8S3. The Kier molecular flexibility index (Phi) is 11.7. The van der Waals surface area contributed by atoms with Crippen LogP contribution in [0.5, 0.6) is 0 Å². The van der Waals surface area contributed by atoms with Crippen LogP contribution in [0.4, 0.5) is 0 Å². The fraction of sp³-hybridized carbons (Fsp3) is 0.333. The number of carbonyl (C=O) groups excluding carboxylic acids is 3. The minimum atomic E-state index is -4.66. The van der Waals surface area contributed by atoms with Gasteiger partial charge in [0.1, 0.15) is 27.4 Å². The van der Waals surface area contributed by atoms with E-state index in [0.717, 1.165) is 21.3 Å². The van der Waals surface area contributed by atoms with Crippen LogP contribution in [0.25, 0.3) is 0 Å².